The first-order valence-corrected chi connectivity index (χ1v) is 5.62. The van der Waals surface area contributed by atoms with Gasteiger partial charge in [0.2, 0.25) is 0 Å². The minimum Gasteiger partial charge on any atom is -0.297 e. The van der Waals surface area contributed by atoms with Crippen molar-refractivity contribution in [2.45, 2.75) is 37.6 Å². The molecule has 2 unspecified atom stereocenters. The molecule has 1 heteroatoms. The van der Waals surface area contributed by atoms with Crippen LogP contribution in [0.2, 0.25) is 0 Å². The molecule has 5 fully saturated rings. The molecule has 12 heavy (non-hydrogen) atoms. The Morgan fingerprint density at radius 2 is 1.58 bits per heavy atom. The van der Waals surface area contributed by atoms with Crippen molar-refractivity contribution in [1.82, 2.24) is 4.90 Å². The Hall–Kier alpha value is -0.0400. The molecule has 3 heterocycles. The highest BCUT2D eigenvalue weighted by atomic mass is 15.3. The number of nitrogens with zero attached hydrogens (tertiary/aromatic N) is 1. The molecule has 3 saturated heterocycles. The van der Waals surface area contributed by atoms with Crippen LogP contribution >= 0.6 is 0 Å². The average molecular weight is 163 g/mol. The van der Waals surface area contributed by atoms with Crippen molar-refractivity contribution in [2.24, 2.45) is 17.8 Å². The van der Waals surface area contributed by atoms with Gasteiger partial charge in [0.25, 0.3) is 0 Å². The van der Waals surface area contributed by atoms with Gasteiger partial charge in [-0.2, -0.15) is 0 Å². The van der Waals surface area contributed by atoms with Crippen LogP contribution in [-0.2, 0) is 0 Å². The standard InChI is InChI=1S/C11H17N/c1-2-11(1)10-4-8-3-9(5-10)7-12(11)6-8/h8-10H,1-7H2. The molecule has 4 bridgehead atoms. The molecule has 0 aromatic heterocycles. The fourth-order valence-corrected chi connectivity index (χ4v) is 4.47. The maximum absolute atomic E-state index is 2.86. The van der Waals surface area contributed by atoms with E-state index >= 15 is 0 Å². The zero-order chi connectivity index (χ0) is 7.76. The predicted molar refractivity (Wildman–Crippen MR) is 47.9 cm³/mol. The summed E-state index contributed by atoms with van der Waals surface area (Å²) in [5.41, 5.74) is 0.785. The molecule has 2 saturated carbocycles. The SMILES string of the molecule is C1C2CC3CC1CN(C2)C31CC1. The molecule has 0 radical (unpaired) electrons. The van der Waals surface area contributed by atoms with E-state index in [4.69, 9.17) is 0 Å². The van der Waals surface area contributed by atoms with Gasteiger partial charge in [-0.15, -0.1) is 0 Å². The highest BCUT2D eigenvalue weighted by molar-refractivity contribution is 5.16. The lowest BCUT2D eigenvalue weighted by atomic mass is 9.64. The maximum Gasteiger partial charge on any atom is 0.0239 e. The second kappa shape index (κ2) is 1.75. The van der Waals surface area contributed by atoms with Gasteiger partial charge in [0.1, 0.15) is 0 Å². The summed E-state index contributed by atoms with van der Waals surface area (Å²) in [5, 5.41) is 0. The van der Waals surface area contributed by atoms with Gasteiger partial charge in [0.15, 0.2) is 0 Å². The lowest BCUT2D eigenvalue weighted by molar-refractivity contribution is -0.0781. The van der Waals surface area contributed by atoms with Crippen LogP contribution < -0.4 is 0 Å². The molecule has 0 aromatic carbocycles. The minimum absolute atomic E-state index is 0.785. The van der Waals surface area contributed by atoms with Gasteiger partial charge >= 0.3 is 0 Å². The van der Waals surface area contributed by atoms with Gasteiger partial charge in [0.05, 0.1) is 0 Å². The Morgan fingerprint density at radius 3 is 2.08 bits per heavy atom. The molecule has 66 valence electrons. The van der Waals surface area contributed by atoms with Crippen molar-refractivity contribution in [3.8, 4) is 0 Å². The summed E-state index contributed by atoms with van der Waals surface area (Å²) in [4.78, 5) is 2.86. The lowest BCUT2D eigenvalue weighted by Crippen LogP contribution is -2.60. The van der Waals surface area contributed by atoms with E-state index in [1.54, 1.807) is 19.3 Å². The number of hydrogen-bond donors (Lipinski definition) is 0. The normalized spacial score (nSPS) is 58.0. The molecule has 3 aliphatic heterocycles. The number of rotatable bonds is 0. The van der Waals surface area contributed by atoms with E-state index in [1.165, 1.54) is 25.9 Å². The molecule has 0 amide bonds. The summed E-state index contributed by atoms with van der Waals surface area (Å²) in [7, 11) is 0. The first kappa shape index (κ1) is 6.42. The molecule has 2 aliphatic carbocycles. The van der Waals surface area contributed by atoms with Crippen molar-refractivity contribution in [3.05, 3.63) is 0 Å². The lowest BCUT2D eigenvalue weighted by Gasteiger charge is -2.57. The van der Waals surface area contributed by atoms with Gasteiger partial charge in [-0.05, 0) is 49.9 Å². The van der Waals surface area contributed by atoms with Gasteiger partial charge in [-0.25, -0.2) is 0 Å². The van der Waals surface area contributed by atoms with E-state index in [9.17, 15) is 0 Å². The summed E-state index contributed by atoms with van der Waals surface area (Å²) >= 11 is 0. The van der Waals surface area contributed by atoms with Gasteiger partial charge in [-0.3, -0.25) is 4.90 Å². The van der Waals surface area contributed by atoms with E-state index in [1.807, 2.05) is 0 Å². The fourth-order valence-electron chi connectivity index (χ4n) is 4.47. The first-order chi connectivity index (χ1) is 5.87. The molecule has 0 aromatic rings. The molecular weight excluding hydrogens is 146 g/mol. The molecular formula is C11H17N. The van der Waals surface area contributed by atoms with Crippen LogP contribution in [0.5, 0.6) is 0 Å². The van der Waals surface area contributed by atoms with Crippen LogP contribution in [0.25, 0.3) is 0 Å². The third-order valence-electron chi connectivity index (χ3n) is 5.01. The van der Waals surface area contributed by atoms with Crippen LogP contribution in [0.4, 0.5) is 0 Å². The number of piperidine rings is 3. The molecule has 0 N–H and O–H groups in total. The Morgan fingerprint density at radius 1 is 0.917 bits per heavy atom. The van der Waals surface area contributed by atoms with Crippen molar-refractivity contribution < 1.29 is 0 Å². The van der Waals surface area contributed by atoms with E-state index in [2.05, 4.69) is 4.90 Å². The van der Waals surface area contributed by atoms with E-state index in [0.717, 1.165) is 23.3 Å². The monoisotopic (exact) mass is 163 g/mol. The van der Waals surface area contributed by atoms with E-state index < -0.39 is 0 Å². The van der Waals surface area contributed by atoms with Crippen molar-refractivity contribution >= 4 is 0 Å². The minimum atomic E-state index is 0.785. The van der Waals surface area contributed by atoms with E-state index in [0.29, 0.717) is 0 Å². The Labute approximate surface area is 74.1 Å². The predicted octanol–water partition coefficient (Wildman–Crippen LogP) is 1.88. The fraction of sp³-hybridized carbons (Fsp3) is 1.00. The molecule has 1 nitrogen and oxygen atoms in total. The molecule has 5 aliphatic rings. The van der Waals surface area contributed by atoms with Gasteiger partial charge < -0.3 is 0 Å². The summed E-state index contributed by atoms with van der Waals surface area (Å²) in [6.45, 7) is 2.93. The highest BCUT2D eigenvalue weighted by Crippen LogP contribution is 2.61. The average Bonchev–Trinajstić information content (AvgIpc) is 2.79. The number of hydrogen-bond acceptors (Lipinski definition) is 1. The maximum atomic E-state index is 2.86. The van der Waals surface area contributed by atoms with E-state index in [-0.39, 0.29) is 0 Å². The van der Waals surface area contributed by atoms with Crippen LogP contribution in [0.3, 0.4) is 0 Å². The summed E-state index contributed by atoms with van der Waals surface area (Å²) in [5.74, 6) is 3.34. The van der Waals surface area contributed by atoms with Crippen LogP contribution in [-0.4, -0.2) is 23.5 Å². The second-order valence-corrected chi connectivity index (χ2v) is 5.64. The largest absolute Gasteiger partial charge is 0.297 e. The third kappa shape index (κ3) is 0.585. The summed E-state index contributed by atoms with van der Waals surface area (Å²) in [6.07, 6.45) is 7.83. The third-order valence-corrected chi connectivity index (χ3v) is 5.01. The van der Waals surface area contributed by atoms with Crippen LogP contribution in [0.15, 0.2) is 0 Å². The Balaban J connectivity index is 1.78. The zero-order valence-corrected chi connectivity index (χ0v) is 7.63. The Bertz CT molecular complexity index is 199. The smallest absolute Gasteiger partial charge is 0.0239 e. The Kier molecular flexibility index (Phi) is 0.934. The molecule has 5 rings (SSSR count). The first-order valence-electron chi connectivity index (χ1n) is 5.62. The van der Waals surface area contributed by atoms with Gasteiger partial charge in [0, 0.05) is 18.6 Å². The van der Waals surface area contributed by atoms with Crippen molar-refractivity contribution in [3.63, 3.8) is 0 Å². The van der Waals surface area contributed by atoms with Crippen LogP contribution in [0, 0.1) is 17.8 Å². The van der Waals surface area contributed by atoms with Crippen molar-refractivity contribution in [2.75, 3.05) is 13.1 Å². The zero-order valence-electron chi connectivity index (χ0n) is 7.63. The second-order valence-electron chi connectivity index (χ2n) is 5.64. The molecule has 2 atom stereocenters. The van der Waals surface area contributed by atoms with Crippen molar-refractivity contribution in [1.29, 1.82) is 0 Å². The summed E-state index contributed by atoms with van der Waals surface area (Å²) < 4.78 is 0. The molecule has 1 spiro atoms. The topological polar surface area (TPSA) is 3.24 Å². The van der Waals surface area contributed by atoms with Gasteiger partial charge in [-0.1, -0.05) is 0 Å². The van der Waals surface area contributed by atoms with Crippen LogP contribution in [0.1, 0.15) is 32.1 Å². The highest BCUT2D eigenvalue weighted by Gasteiger charge is 2.61. The quantitative estimate of drug-likeness (QED) is 0.527. The summed E-state index contributed by atoms with van der Waals surface area (Å²) in [6, 6.07) is 0.